The zero-order chi connectivity index (χ0) is 17.8. The Balaban J connectivity index is 1.81. The van der Waals surface area contributed by atoms with E-state index in [4.69, 9.17) is 0 Å². The quantitative estimate of drug-likeness (QED) is 0.474. The van der Waals surface area contributed by atoms with E-state index in [2.05, 4.69) is 36.0 Å². The Morgan fingerprint density at radius 2 is 2.12 bits per heavy atom. The summed E-state index contributed by atoms with van der Waals surface area (Å²) in [6, 6.07) is 7.38. The maximum atomic E-state index is 11.5. The first-order valence-electron chi connectivity index (χ1n) is 7.87. The highest BCUT2D eigenvalue weighted by Crippen LogP contribution is 2.19. The summed E-state index contributed by atoms with van der Waals surface area (Å²) in [6.07, 6.45) is -0.526. The summed E-state index contributed by atoms with van der Waals surface area (Å²) >= 11 is 0. The number of carbonyl (C=O) groups excluding carboxylic acids is 1. The molecule has 0 aliphatic carbocycles. The fraction of sp³-hybridized carbons (Fsp3) is 0.312. The maximum absolute atomic E-state index is 11.5. The molecule has 0 aliphatic rings. The predicted molar refractivity (Wildman–Crippen MR) is 93.4 cm³/mol. The lowest BCUT2D eigenvalue weighted by molar-refractivity contribution is 0.101. The molecule has 0 fully saturated rings. The van der Waals surface area contributed by atoms with E-state index >= 15 is 0 Å². The molecule has 0 radical (unpaired) electrons. The topological polar surface area (TPSA) is 129 Å². The minimum atomic E-state index is -0.526. The molecule has 3 rings (SSSR count). The molecule has 130 valence electrons. The molecule has 3 aromatic rings. The first kappa shape index (κ1) is 16.8. The molecular formula is C16H19N7O2. The Morgan fingerprint density at radius 3 is 2.88 bits per heavy atom. The number of aromatic amines is 1. The summed E-state index contributed by atoms with van der Waals surface area (Å²) in [5, 5.41) is 26.1. The molecule has 2 heterocycles. The van der Waals surface area contributed by atoms with Gasteiger partial charge in [0, 0.05) is 18.7 Å². The molecule has 4 N–H and O–H groups in total. The van der Waals surface area contributed by atoms with Crippen LogP contribution in [0.3, 0.4) is 0 Å². The molecule has 1 unspecified atom stereocenters. The van der Waals surface area contributed by atoms with E-state index in [-0.39, 0.29) is 5.78 Å². The molecule has 25 heavy (non-hydrogen) atoms. The van der Waals surface area contributed by atoms with E-state index < -0.39 is 6.10 Å². The van der Waals surface area contributed by atoms with Crippen molar-refractivity contribution in [3.8, 4) is 0 Å². The predicted octanol–water partition coefficient (Wildman–Crippen LogP) is 1.36. The molecule has 0 bridgehead atoms. The van der Waals surface area contributed by atoms with E-state index in [1.807, 2.05) is 18.2 Å². The average Bonchev–Trinajstić information content (AvgIpc) is 3.06. The van der Waals surface area contributed by atoms with Crippen molar-refractivity contribution < 1.29 is 9.90 Å². The number of hydrogen-bond acceptors (Lipinski definition) is 8. The third-order valence-corrected chi connectivity index (χ3v) is 3.53. The molecule has 0 spiro atoms. The van der Waals surface area contributed by atoms with Gasteiger partial charge in [-0.1, -0.05) is 18.2 Å². The van der Waals surface area contributed by atoms with E-state index in [9.17, 15) is 9.90 Å². The Labute approximate surface area is 143 Å². The normalized spacial score (nSPS) is 12.1. The summed E-state index contributed by atoms with van der Waals surface area (Å²) in [6.45, 7) is 4.00. The van der Waals surface area contributed by atoms with Gasteiger partial charge in [0.1, 0.15) is 0 Å². The summed E-state index contributed by atoms with van der Waals surface area (Å²) in [4.78, 5) is 20.1. The third kappa shape index (κ3) is 4.07. The minimum absolute atomic E-state index is 0.0207. The molecule has 0 amide bonds. The van der Waals surface area contributed by atoms with E-state index in [0.29, 0.717) is 41.6 Å². The number of aromatic nitrogens is 5. The van der Waals surface area contributed by atoms with Crippen LogP contribution in [0.25, 0.3) is 11.2 Å². The lowest BCUT2D eigenvalue weighted by Gasteiger charge is -2.10. The Hall–Kier alpha value is -3.07. The van der Waals surface area contributed by atoms with Crippen molar-refractivity contribution in [3.63, 3.8) is 0 Å². The lowest BCUT2D eigenvalue weighted by Crippen LogP contribution is -2.17. The molecule has 0 aliphatic heterocycles. The molecule has 9 heteroatoms. The fourth-order valence-corrected chi connectivity index (χ4v) is 2.27. The molecular weight excluding hydrogens is 322 g/mol. The largest absolute Gasteiger partial charge is 0.392 e. The number of fused-ring (bicyclic) bond motifs is 1. The van der Waals surface area contributed by atoms with Crippen LogP contribution in [0.15, 0.2) is 24.3 Å². The zero-order valence-corrected chi connectivity index (χ0v) is 13.9. The van der Waals surface area contributed by atoms with Gasteiger partial charge in [-0.15, -0.1) is 5.10 Å². The van der Waals surface area contributed by atoms with Gasteiger partial charge in [-0.25, -0.2) is 0 Å². The van der Waals surface area contributed by atoms with Gasteiger partial charge in [-0.05, 0) is 25.5 Å². The summed E-state index contributed by atoms with van der Waals surface area (Å²) in [5.41, 5.74) is 2.54. The molecule has 1 aromatic carbocycles. The minimum Gasteiger partial charge on any atom is -0.392 e. The second-order valence-electron chi connectivity index (χ2n) is 5.73. The Morgan fingerprint density at radius 1 is 1.28 bits per heavy atom. The molecule has 0 saturated carbocycles. The zero-order valence-electron chi connectivity index (χ0n) is 13.9. The van der Waals surface area contributed by atoms with Crippen molar-refractivity contribution in [3.05, 3.63) is 35.4 Å². The van der Waals surface area contributed by atoms with Gasteiger partial charge in [-0.2, -0.15) is 20.3 Å². The number of nitrogens with one attached hydrogen (secondary N) is 3. The number of aliphatic hydroxyl groups is 1. The van der Waals surface area contributed by atoms with Gasteiger partial charge in [0.2, 0.25) is 11.6 Å². The standard InChI is InChI=1S/C16H19N7O2/c1-9(24)7-18-16-19-14(13-15(20-16)22-23-21-13)17-8-11-4-3-5-12(6-11)10(2)25/h3-6,9,24H,7-8H2,1-2H3,(H3,17,18,19,20,21,22,23). The summed E-state index contributed by atoms with van der Waals surface area (Å²) < 4.78 is 0. The number of hydrogen-bond donors (Lipinski definition) is 4. The Kier molecular flexibility index (Phi) is 4.85. The number of anilines is 2. The van der Waals surface area contributed by atoms with Crippen LogP contribution in [0.2, 0.25) is 0 Å². The number of benzene rings is 1. The molecule has 2 aromatic heterocycles. The summed E-state index contributed by atoms with van der Waals surface area (Å²) in [7, 11) is 0. The van der Waals surface area contributed by atoms with E-state index in [1.165, 1.54) is 6.92 Å². The monoisotopic (exact) mass is 341 g/mol. The van der Waals surface area contributed by atoms with E-state index in [0.717, 1.165) is 5.56 Å². The number of H-pyrrole nitrogens is 1. The van der Waals surface area contributed by atoms with Crippen LogP contribution >= 0.6 is 0 Å². The first-order chi connectivity index (χ1) is 12.0. The first-order valence-corrected chi connectivity index (χ1v) is 7.87. The van der Waals surface area contributed by atoms with Gasteiger partial charge in [0.05, 0.1) is 6.10 Å². The average molecular weight is 341 g/mol. The number of aliphatic hydroxyl groups excluding tert-OH is 1. The summed E-state index contributed by atoms with van der Waals surface area (Å²) in [5.74, 6) is 0.884. The molecule has 1 atom stereocenters. The van der Waals surface area contributed by atoms with Gasteiger partial charge in [0.25, 0.3) is 0 Å². The van der Waals surface area contributed by atoms with Gasteiger partial charge < -0.3 is 15.7 Å². The smallest absolute Gasteiger partial charge is 0.227 e. The van der Waals surface area contributed by atoms with Crippen LogP contribution < -0.4 is 10.6 Å². The third-order valence-electron chi connectivity index (χ3n) is 3.53. The van der Waals surface area contributed by atoms with Crippen molar-refractivity contribution in [2.24, 2.45) is 0 Å². The number of rotatable bonds is 7. The van der Waals surface area contributed by atoms with Gasteiger partial charge in [-0.3, -0.25) is 4.79 Å². The molecule has 0 saturated heterocycles. The van der Waals surface area contributed by atoms with Crippen LogP contribution in [0.1, 0.15) is 29.8 Å². The fourth-order valence-electron chi connectivity index (χ4n) is 2.27. The van der Waals surface area contributed by atoms with Gasteiger partial charge >= 0.3 is 0 Å². The SMILES string of the molecule is CC(=O)c1cccc(CNc2nc(NCC(C)O)nc3n[nH]nc23)c1. The lowest BCUT2D eigenvalue weighted by atomic mass is 10.1. The maximum Gasteiger partial charge on any atom is 0.227 e. The van der Waals surface area contributed by atoms with Crippen LogP contribution in [0.4, 0.5) is 11.8 Å². The van der Waals surface area contributed by atoms with Gasteiger partial charge in [0.15, 0.2) is 17.1 Å². The second-order valence-corrected chi connectivity index (χ2v) is 5.73. The van der Waals surface area contributed by atoms with E-state index in [1.54, 1.807) is 13.0 Å². The number of carbonyl (C=O) groups is 1. The van der Waals surface area contributed by atoms with Crippen LogP contribution in [-0.2, 0) is 6.54 Å². The second kappa shape index (κ2) is 7.22. The highest BCUT2D eigenvalue weighted by molar-refractivity contribution is 5.94. The van der Waals surface area contributed by atoms with Crippen molar-refractivity contribution in [1.29, 1.82) is 0 Å². The number of Topliss-reactive ketones (excluding diaryl/α,β-unsaturated/α-hetero) is 1. The van der Waals surface area contributed by atoms with Crippen molar-refractivity contribution in [2.75, 3.05) is 17.2 Å². The number of nitrogens with zero attached hydrogens (tertiary/aromatic N) is 4. The van der Waals surface area contributed by atoms with Crippen LogP contribution in [0, 0.1) is 0 Å². The van der Waals surface area contributed by atoms with Crippen molar-refractivity contribution in [2.45, 2.75) is 26.5 Å². The molecule has 9 nitrogen and oxygen atoms in total. The van der Waals surface area contributed by atoms with Crippen LogP contribution in [0.5, 0.6) is 0 Å². The highest BCUT2D eigenvalue weighted by atomic mass is 16.3. The number of ketones is 1. The van der Waals surface area contributed by atoms with Crippen LogP contribution in [-0.4, -0.2) is 48.9 Å². The Bertz CT molecular complexity index is 891. The van der Waals surface area contributed by atoms with Crippen molar-refractivity contribution in [1.82, 2.24) is 25.4 Å². The van der Waals surface area contributed by atoms with Crippen molar-refractivity contribution >= 4 is 28.7 Å². The highest BCUT2D eigenvalue weighted by Gasteiger charge is 2.12.